The van der Waals surface area contributed by atoms with E-state index in [1.165, 1.54) is 6.26 Å². The number of carboxylic acid groups (broad SMARTS) is 3. The van der Waals surface area contributed by atoms with E-state index in [9.17, 15) is 43.2 Å². The Balaban J connectivity index is 4.43. The highest BCUT2D eigenvalue weighted by Crippen LogP contribution is 2.08. The second-order valence-electron chi connectivity index (χ2n) is 21.6. The zero-order valence-electron chi connectivity index (χ0n) is 56.0. The van der Waals surface area contributed by atoms with Crippen molar-refractivity contribution in [2.24, 2.45) is 0 Å². The van der Waals surface area contributed by atoms with E-state index in [0.29, 0.717) is 163 Å². The smallest absolute Gasteiger partial charge is 0.305 e. The molecule has 0 aliphatic rings. The van der Waals surface area contributed by atoms with E-state index >= 15 is 0 Å². The number of amides is 6. The van der Waals surface area contributed by atoms with Gasteiger partial charge in [0, 0.05) is 76.9 Å². The summed E-state index contributed by atoms with van der Waals surface area (Å²) < 4.78 is 65.2. The lowest BCUT2D eigenvalue weighted by atomic mass is 10.1. The van der Waals surface area contributed by atoms with Crippen LogP contribution >= 0.6 is 0 Å². The molecule has 546 valence electrons. The summed E-state index contributed by atoms with van der Waals surface area (Å²) in [5.41, 5.74) is 0.628. The Morgan fingerprint density at radius 1 is 0.223 bits per heavy atom. The minimum Gasteiger partial charge on any atom is -0.501 e. The monoisotopic (exact) mass is 1350 g/mol. The number of aliphatic carboxylic acids is 3. The summed E-state index contributed by atoms with van der Waals surface area (Å²) in [6, 6.07) is 0. The number of carboxylic acids is 3. The second kappa shape index (κ2) is 70.1. The Morgan fingerprint density at radius 2 is 0.447 bits per heavy atom. The van der Waals surface area contributed by atoms with Crippen molar-refractivity contribution in [3.8, 4) is 0 Å². The van der Waals surface area contributed by atoms with Gasteiger partial charge >= 0.3 is 17.9 Å². The van der Waals surface area contributed by atoms with Gasteiger partial charge in [0.05, 0.1) is 184 Å². The Hall–Kier alpha value is -5.67. The largest absolute Gasteiger partial charge is 0.501 e. The molecule has 94 heavy (non-hydrogen) atoms. The summed E-state index contributed by atoms with van der Waals surface area (Å²) in [4.78, 5) is 105. The van der Waals surface area contributed by atoms with Crippen molar-refractivity contribution in [3.63, 3.8) is 0 Å². The molecule has 9 N–H and O–H groups in total. The van der Waals surface area contributed by atoms with Gasteiger partial charge in [-0.1, -0.05) is 57.8 Å². The van der Waals surface area contributed by atoms with Gasteiger partial charge in [-0.2, -0.15) is 0 Å². The number of carbonyl (C=O) groups excluding carboxylic acids is 6. The predicted molar refractivity (Wildman–Crippen MR) is 345 cm³/mol. The van der Waals surface area contributed by atoms with Crippen LogP contribution in [0.1, 0.15) is 154 Å². The first kappa shape index (κ1) is 88.3. The van der Waals surface area contributed by atoms with Crippen LogP contribution in [-0.4, -0.2) is 260 Å². The summed E-state index contributed by atoms with van der Waals surface area (Å²) in [6.07, 6.45) is 16.0. The number of hydrogen-bond acceptors (Lipinski definition) is 21. The van der Waals surface area contributed by atoms with Crippen LogP contribution in [0, 0.1) is 0 Å². The average Bonchev–Trinajstić information content (AvgIpc) is 3.62. The molecule has 0 spiro atoms. The molecule has 0 aliphatic carbocycles. The first-order valence-corrected chi connectivity index (χ1v) is 33.7. The van der Waals surface area contributed by atoms with Crippen LogP contribution < -0.4 is 31.9 Å². The molecule has 0 aromatic carbocycles. The zero-order chi connectivity index (χ0) is 68.7. The van der Waals surface area contributed by atoms with Crippen LogP contribution in [0.15, 0.2) is 11.8 Å². The average molecular weight is 1350 g/mol. The van der Waals surface area contributed by atoms with E-state index in [0.717, 1.165) is 96.3 Å². The number of hydrogen-bond donors (Lipinski definition) is 9. The van der Waals surface area contributed by atoms with E-state index in [1.807, 2.05) is 0 Å². The summed E-state index contributed by atoms with van der Waals surface area (Å²) in [5, 5.41) is 43.0. The molecule has 0 radical (unpaired) electrons. The molecule has 0 aromatic rings. The van der Waals surface area contributed by atoms with E-state index in [2.05, 4.69) is 31.9 Å². The van der Waals surface area contributed by atoms with Crippen molar-refractivity contribution in [1.29, 1.82) is 0 Å². The third-order valence-electron chi connectivity index (χ3n) is 13.2. The zero-order valence-corrected chi connectivity index (χ0v) is 56.0. The maximum atomic E-state index is 12.6. The van der Waals surface area contributed by atoms with Gasteiger partial charge in [0.1, 0.15) is 0 Å². The molecule has 30 nitrogen and oxygen atoms in total. The minimum atomic E-state index is -0.909. The minimum absolute atomic E-state index is 0.0324. The standard InChI is InChI=1S/C64H116N6O24/c71-56(68-28-37-86-43-49-89-46-40-83-34-22-62(77)78)16-10-4-1-7-13-25-65-59(74)19-31-92-52-55(53-93-32-20-60(75)66-26-14-8-2-5-11-17-57(72)69-29-38-87-44-50-90-47-41-84-35-23-63(79)80)54-94-33-21-61(76)67-27-15-9-3-6-12-18-58(73)70-30-39-88-45-51-91-48-42-85-36-24-64(81)82/h52H,1-51,53-54H2,(H,65,74)(H,66,75)(H,67,76)(H,68,71)(H,69,72)(H,70,73)(H,77,78)(H,79,80)(H,81,82). The van der Waals surface area contributed by atoms with E-state index in [4.69, 9.17) is 72.2 Å². The summed E-state index contributed by atoms with van der Waals surface area (Å²) in [6.45, 7) is 9.17. The highest BCUT2D eigenvalue weighted by Gasteiger charge is 2.10. The molecule has 0 bridgehead atoms. The van der Waals surface area contributed by atoms with Crippen LogP contribution in [-0.2, 0) is 100.0 Å². The molecule has 0 aromatic heterocycles. The highest BCUT2D eigenvalue weighted by atomic mass is 16.6. The lowest BCUT2D eigenvalue weighted by molar-refractivity contribution is -0.139. The maximum Gasteiger partial charge on any atom is 0.305 e. The van der Waals surface area contributed by atoms with Crippen molar-refractivity contribution < 1.29 is 115 Å². The molecule has 0 aliphatic heterocycles. The maximum absolute atomic E-state index is 12.6. The SMILES string of the molecule is O=C(O)CCOCCOCCOCCNC(=O)CCCCCCCNC(=O)CCOC=C(COCCC(=O)NCCCCCCCC(=O)NCCOCCOCCOCCC(=O)O)COCCC(=O)NCCCCCCCC(=O)NCCOCCOCCOCCC(=O)O. The van der Waals surface area contributed by atoms with Gasteiger partial charge in [0.15, 0.2) is 0 Å². The number of rotatable bonds is 74. The van der Waals surface area contributed by atoms with Gasteiger partial charge in [0.25, 0.3) is 0 Å². The van der Waals surface area contributed by atoms with Gasteiger partial charge in [-0.05, 0) is 38.5 Å². The Morgan fingerprint density at radius 3 is 0.745 bits per heavy atom. The second-order valence-corrected chi connectivity index (χ2v) is 21.6. The van der Waals surface area contributed by atoms with Crippen LogP contribution in [0.5, 0.6) is 0 Å². The molecule has 30 heteroatoms. The molecule has 0 unspecified atom stereocenters. The van der Waals surface area contributed by atoms with E-state index < -0.39 is 17.9 Å². The summed E-state index contributed by atoms with van der Waals surface area (Å²) in [5.74, 6) is -3.26. The number of nitrogens with one attached hydrogen (secondary N) is 6. The van der Waals surface area contributed by atoms with E-state index in [-0.39, 0.29) is 127 Å². The number of ether oxygens (including phenoxy) is 12. The molecular weight excluding hydrogens is 1240 g/mol. The van der Waals surface area contributed by atoms with Crippen LogP contribution in [0.3, 0.4) is 0 Å². The fourth-order valence-electron chi connectivity index (χ4n) is 8.10. The van der Waals surface area contributed by atoms with Crippen molar-refractivity contribution in [2.75, 3.05) is 191 Å². The van der Waals surface area contributed by atoms with Gasteiger partial charge in [-0.15, -0.1) is 0 Å². The Bertz CT molecular complexity index is 1850. The van der Waals surface area contributed by atoms with Crippen molar-refractivity contribution in [1.82, 2.24) is 31.9 Å². The first-order valence-electron chi connectivity index (χ1n) is 33.7. The molecule has 0 fully saturated rings. The Labute approximate surface area is 556 Å². The highest BCUT2D eigenvalue weighted by molar-refractivity contribution is 5.77. The third kappa shape index (κ3) is 72.2. The Kier molecular flexibility index (Phi) is 65.9. The van der Waals surface area contributed by atoms with Gasteiger partial charge in [0.2, 0.25) is 35.4 Å². The fraction of sp³-hybridized carbons (Fsp3) is 0.828. The van der Waals surface area contributed by atoms with Crippen LogP contribution in [0.25, 0.3) is 0 Å². The molecule has 0 heterocycles. The predicted octanol–water partition coefficient (Wildman–Crippen LogP) is 3.38. The lowest BCUT2D eigenvalue weighted by Gasteiger charge is -2.11. The van der Waals surface area contributed by atoms with Crippen LogP contribution in [0.2, 0.25) is 0 Å². The summed E-state index contributed by atoms with van der Waals surface area (Å²) in [7, 11) is 0. The van der Waals surface area contributed by atoms with Crippen LogP contribution in [0.4, 0.5) is 0 Å². The molecular formula is C64H116N6O24. The fourth-order valence-corrected chi connectivity index (χ4v) is 8.10. The van der Waals surface area contributed by atoms with Gasteiger partial charge < -0.3 is 104 Å². The molecule has 0 saturated carbocycles. The van der Waals surface area contributed by atoms with E-state index in [1.54, 1.807) is 0 Å². The molecule has 6 amide bonds. The molecule has 0 atom stereocenters. The topological polar surface area (TPSA) is 397 Å². The summed E-state index contributed by atoms with van der Waals surface area (Å²) >= 11 is 0. The molecule has 0 saturated heterocycles. The quantitative estimate of drug-likeness (QED) is 0.0311. The number of unbranched alkanes of at least 4 members (excludes halogenated alkanes) is 12. The molecule has 0 rings (SSSR count). The van der Waals surface area contributed by atoms with Crippen molar-refractivity contribution >= 4 is 53.4 Å². The van der Waals surface area contributed by atoms with Gasteiger partial charge in [-0.3, -0.25) is 43.2 Å². The van der Waals surface area contributed by atoms with Gasteiger partial charge in [-0.25, -0.2) is 0 Å². The first-order chi connectivity index (χ1) is 45.8. The van der Waals surface area contributed by atoms with Crippen molar-refractivity contribution in [2.45, 2.75) is 154 Å². The van der Waals surface area contributed by atoms with Crippen molar-refractivity contribution in [3.05, 3.63) is 11.8 Å². The lowest BCUT2D eigenvalue weighted by Crippen LogP contribution is -2.27. The normalized spacial score (nSPS) is 11.0. The third-order valence-corrected chi connectivity index (χ3v) is 13.2. The number of carbonyl (C=O) groups is 9.